The summed E-state index contributed by atoms with van der Waals surface area (Å²) >= 11 is 0. The lowest BCUT2D eigenvalue weighted by atomic mass is 10.4. The van der Waals surface area contributed by atoms with Crippen LogP contribution in [0.4, 0.5) is 0 Å². The number of likely N-dealkylation sites (N-methyl/N-ethyl adjacent to an activating group) is 1. The number of carbonyl (C=O) groups excluding carboxylic acids is 1. The van der Waals surface area contributed by atoms with Gasteiger partial charge < -0.3 is 9.64 Å². The van der Waals surface area contributed by atoms with Crippen molar-refractivity contribution in [2.45, 2.75) is 13.8 Å². The van der Waals surface area contributed by atoms with Crippen molar-refractivity contribution >= 4 is 5.97 Å². The number of cyclic esters (lactones) is 1. The van der Waals surface area contributed by atoms with Gasteiger partial charge in [0, 0.05) is 19.2 Å². The minimum Gasteiger partial charge on any atom is -0.456 e. The average molecular weight is 155 g/mol. The zero-order valence-electron chi connectivity index (χ0n) is 6.96. The molecule has 1 rings (SSSR count). The van der Waals surface area contributed by atoms with Gasteiger partial charge in [0.2, 0.25) is 0 Å². The van der Waals surface area contributed by atoms with Crippen LogP contribution in [0.15, 0.2) is 11.8 Å². The second kappa shape index (κ2) is 3.42. The zero-order valence-corrected chi connectivity index (χ0v) is 6.96. The van der Waals surface area contributed by atoms with Crippen LogP contribution in [0, 0.1) is 0 Å². The van der Waals surface area contributed by atoms with Crippen LogP contribution >= 0.6 is 0 Å². The largest absolute Gasteiger partial charge is 0.456 e. The van der Waals surface area contributed by atoms with Crippen molar-refractivity contribution in [3.63, 3.8) is 0 Å². The van der Waals surface area contributed by atoms with Crippen molar-refractivity contribution in [1.82, 2.24) is 4.90 Å². The molecule has 0 unspecified atom stereocenters. The summed E-state index contributed by atoms with van der Waals surface area (Å²) in [6.07, 6.45) is 1.56. The zero-order chi connectivity index (χ0) is 8.27. The Balaban J connectivity index is 2.58. The van der Waals surface area contributed by atoms with Gasteiger partial charge in [0.1, 0.15) is 6.61 Å². The molecule has 1 heterocycles. The van der Waals surface area contributed by atoms with E-state index >= 15 is 0 Å². The first-order valence-corrected chi connectivity index (χ1v) is 3.90. The molecule has 1 aliphatic heterocycles. The van der Waals surface area contributed by atoms with Crippen LogP contribution in [-0.2, 0) is 9.53 Å². The summed E-state index contributed by atoms with van der Waals surface area (Å²) in [6.45, 7) is 6.43. The third-order valence-electron chi connectivity index (χ3n) is 1.82. The fraction of sp³-hybridized carbons (Fsp3) is 0.625. The Kier molecular flexibility index (Phi) is 2.52. The van der Waals surface area contributed by atoms with E-state index in [9.17, 15) is 4.79 Å². The van der Waals surface area contributed by atoms with Gasteiger partial charge >= 0.3 is 5.97 Å². The van der Waals surface area contributed by atoms with Crippen molar-refractivity contribution in [2.24, 2.45) is 0 Å². The first kappa shape index (κ1) is 8.11. The lowest BCUT2D eigenvalue weighted by Gasteiger charge is -2.20. The van der Waals surface area contributed by atoms with Gasteiger partial charge in [0.25, 0.3) is 0 Å². The minimum atomic E-state index is -0.216. The van der Waals surface area contributed by atoms with Gasteiger partial charge in [-0.05, 0) is 13.8 Å². The lowest BCUT2D eigenvalue weighted by molar-refractivity contribution is -0.135. The molecule has 3 heteroatoms. The van der Waals surface area contributed by atoms with Gasteiger partial charge in [-0.3, -0.25) is 0 Å². The van der Waals surface area contributed by atoms with Crippen molar-refractivity contribution in [2.75, 3.05) is 19.7 Å². The highest BCUT2D eigenvalue weighted by molar-refractivity contribution is 5.85. The monoisotopic (exact) mass is 155 g/mol. The maximum absolute atomic E-state index is 10.7. The van der Waals surface area contributed by atoms with Crippen LogP contribution in [0.2, 0.25) is 0 Å². The Labute approximate surface area is 66.6 Å². The number of carbonyl (C=O) groups is 1. The van der Waals surface area contributed by atoms with E-state index in [1.54, 1.807) is 6.08 Å². The molecule has 0 radical (unpaired) electrons. The Bertz CT molecular complexity index is 183. The van der Waals surface area contributed by atoms with Gasteiger partial charge in [-0.15, -0.1) is 0 Å². The quantitative estimate of drug-likeness (QED) is 0.564. The molecule has 0 aromatic heterocycles. The Morgan fingerprint density at radius 3 is 2.55 bits per heavy atom. The molecule has 0 bridgehead atoms. The van der Waals surface area contributed by atoms with Crippen molar-refractivity contribution in [3.8, 4) is 0 Å². The van der Waals surface area contributed by atoms with Crippen molar-refractivity contribution in [1.29, 1.82) is 0 Å². The first-order chi connectivity index (χ1) is 5.27. The number of hydrogen-bond donors (Lipinski definition) is 0. The maximum Gasteiger partial charge on any atom is 0.333 e. The van der Waals surface area contributed by atoms with Gasteiger partial charge in [-0.2, -0.15) is 0 Å². The SMILES string of the molecule is CCN(CC)C1=CC(=O)OC1. The van der Waals surface area contributed by atoms with Crippen LogP contribution < -0.4 is 0 Å². The van der Waals surface area contributed by atoms with Gasteiger partial charge in [-0.1, -0.05) is 0 Å². The van der Waals surface area contributed by atoms with Crippen LogP contribution in [-0.4, -0.2) is 30.6 Å². The molecular formula is C8H13NO2. The van der Waals surface area contributed by atoms with E-state index in [0.717, 1.165) is 18.8 Å². The first-order valence-electron chi connectivity index (χ1n) is 3.90. The normalized spacial score (nSPS) is 16.2. The number of ether oxygens (including phenoxy) is 1. The summed E-state index contributed by atoms with van der Waals surface area (Å²) < 4.78 is 4.78. The highest BCUT2D eigenvalue weighted by atomic mass is 16.5. The average Bonchev–Trinajstić information content (AvgIpc) is 2.39. The molecule has 11 heavy (non-hydrogen) atoms. The maximum atomic E-state index is 10.7. The number of hydrogen-bond acceptors (Lipinski definition) is 3. The standard InChI is InChI=1S/C8H13NO2/c1-3-9(4-2)7-5-8(10)11-6-7/h5H,3-4,6H2,1-2H3. The molecule has 0 N–H and O–H groups in total. The fourth-order valence-electron chi connectivity index (χ4n) is 1.18. The second-order valence-electron chi connectivity index (χ2n) is 2.42. The molecule has 0 saturated heterocycles. The predicted octanol–water partition coefficient (Wildman–Crippen LogP) is 0.769. The van der Waals surface area contributed by atoms with E-state index in [1.807, 2.05) is 0 Å². The van der Waals surface area contributed by atoms with E-state index in [0.29, 0.717) is 6.61 Å². The number of rotatable bonds is 3. The predicted molar refractivity (Wildman–Crippen MR) is 42.0 cm³/mol. The van der Waals surface area contributed by atoms with E-state index < -0.39 is 0 Å². The van der Waals surface area contributed by atoms with E-state index in [-0.39, 0.29) is 5.97 Å². The summed E-state index contributed by atoms with van der Waals surface area (Å²) in [6, 6.07) is 0. The highest BCUT2D eigenvalue weighted by Gasteiger charge is 2.16. The molecule has 1 aliphatic rings. The number of nitrogens with zero attached hydrogens (tertiary/aromatic N) is 1. The van der Waals surface area contributed by atoms with E-state index in [2.05, 4.69) is 18.7 Å². The molecule has 0 spiro atoms. The van der Waals surface area contributed by atoms with Gasteiger partial charge in [0.15, 0.2) is 0 Å². The Morgan fingerprint density at radius 2 is 2.18 bits per heavy atom. The fourth-order valence-corrected chi connectivity index (χ4v) is 1.18. The Hall–Kier alpha value is -0.990. The van der Waals surface area contributed by atoms with Crippen LogP contribution in [0.5, 0.6) is 0 Å². The molecule has 0 atom stereocenters. The highest BCUT2D eigenvalue weighted by Crippen LogP contribution is 2.10. The smallest absolute Gasteiger partial charge is 0.333 e. The van der Waals surface area contributed by atoms with E-state index in [1.165, 1.54) is 0 Å². The van der Waals surface area contributed by atoms with Crippen molar-refractivity contribution < 1.29 is 9.53 Å². The summed E-state index contributed by atoms with van der Waals surface area (Å²) in [5.74, 6) is -0.216. The molecular weight excluding hydrogens is 142 g/mol. The topological polar surface area (TPSA) is 29.5 Å². The molecule has 0 aliphatic carbocycles. The molecule has 3 nitrogen and oxygen atoms in total. The molecule has 0 amide bonds. The number of esters is 1. The lowest BCUT2D eigenvalue weighted by Crippen LogP contribution is -2.22. The molecule has 0 aromatic carbocycles. The minimum absolute atomic E-state index is 0.216. The molecule has 0 saturated carbocycles. The summed E-state index contributed by atoms with van der Waals surface area (Å²) in [4.78, 5) is 12.8. The Morgan fingerprint density at radius 1 is 1.55 bits per heavy atom. The van der Waals surface area contributed by atoms with Crippen LogP contribution in [0.3, 0.4) is 0 Å². The van der Waals surface area contributed by atoms with Crippen LogP contribution in [0.1, 0.15) is 13.8 Å². The van der Waals surface area contributed by atoms with Crippen molar-refractivity contribution in [3.05, 3.63) is 11.8 Å². The third-order valence-corrected chi connectivity index (χ3v) is 1.82. The van der Waals surface area contributed by atoms with Gasteiger partial charge in [-0.25, -0.2) is 4.79 Å². The molecule has 0 fully saturated rings. The second-order valence-corrected chi connectivity index (χ2v) is 2.42. The molecule has 0 aromatic rings. The summed E-state index contributed by atoms with van der Waals surface area (Å²) in [7, 11) is 0. The third kappa shape index (κ3) is 1.73. The molecule has 62 valence electrons. The van der Waals surface area contributed by atoms with E-state index in [4.69, 9.17) is 4.74 Å². The summed E-state index contributed by atoms with van der Waals surface area (Å²) in [5, 5.41) is 0. The summed E-state index contributed by atoms with van der Waals surface area (Å²) in [5.41, 5.74) is 1.00. The van der Waals surface area contributed by atoms with Gasteiger partial charge in [0.05, 0.1) is 5.70 Å². The van der Waals surface area contributed by atoms with Crippen LogP contribution in [0.25, 0.3) is 0 Å².